The van der Waals surface area contributed by atoms with Crippen molar-refractivity contribution in [2.45, 2.75) is 24.8 Å². The van der Waals surface area contributed by atoms with Crippen molar-refractivity contribution in [2.24, 2.45) is 0 Å². The number of carbonyl (C=O) groups is 2. The normalized spacial score (nSPS) is 18.9. The minimum Gasteiger partial charge on any atom is -0.494 e. The van der Waals surface area contributed by atoms with Gasteiger partial charge in [0.15, 0.2) is 0 Å². The van der Waals surface area contributed by atoms with Crippen LogP contribution in [-0.2, 0) is 21.0 Å². The lowest BCUT2D eigenvalue weighted by Crippen LogP contribution is -2.49. The maximum Gasteiger partial charge on any atom is 0.269 e. The lowest BCUT2D eigenvalue weighted by Gasteiger charge is -2.33. The molecule has 178 valence electrons. The van der Waals surface area contributed by atoms with Crippen molar-refractivity contribution in [3.8, 4) is 5.75 Å². The number of nitrogens with zero attached hydrogens (tertiary/aromatic N) is 3. The molecule has 8 nitrogen and oxygen atoms in total. The first-order valence-electron chi connectivity index (χ1n) is 11.3. The van der Waals surface area contributed by atoms with Crippen LogP contribution >= 0.6 is 11.8 Å². The standard InChI is InChI=1S/C26H23N3O5S/c1-2-15-34-21-13-11-19(12-14-21)28-24(30)17-35-26(28)22-5-3-4-6-23(22)27(25(26)31)16-18-7-9-20(10-8-18)29(32)33/h3-14H,2,15-17H2,1H3. The van der Waals surface area contributed by atoms with Crippen LogP contribution in [0.15, 0.2) is 72.8 Å². The summed E-state index contributed by atoms with van der Waals surface area (Å²) in [5, 5.41) is 11.0. The van der Waals surface area contributed by atoms with E-state index in [1.165, 1.54) is 23.9 Å². The number of anilines is 2. The molecule has 0 N–H and O–H groups in total. The van der Waals surface area contributed by atoms with Crippen molar-refractivity contribution in [3.63, 3.8) is 0 Å². The molecule has 0 saturated carbocycles. The predicted molar refractivity (Wildman–Crippen MR) is 135 cm³/mol. The number of hydrogen-bond acceptors (Lipinski definition) is 6. The zero-order valence-electron chi connectivity index (χ0n) is 19.0. The molecule has 2 aliphatic rings. The Balaban J connectivity index is 1.52. The highest BCUT2D eigenvalue weighted by molar-refractivity contribution is 8.02. The van der Waals surface area contributed by atoms with Gasteiger partial charge in [0.1, 0.15) is 5.75 Å². The van der Waals surface area contributed by atoms with Gasteiger partial charge in [0.05, 0.1) is 29.5 Å². The van der Waals surface area contributed by atoms with Gasteiger partial charge in [0.25, 0.3) is 11.6 Å². The third kappa shape index (κ3) is 3.81. The average Bonchev–Trinajstić information content (AvgIpc) is 3.34. The summed E-state index contributed by atoms with van der Waals surface area (Å²) in [6.45, 7) is 2.87. The molecule has 1 unspecified atom stereocenters. The molecule has 2 aliphatic heterocycles. The number of ether oxygens (including phenoxy) is 1. The van der Waals surface area contributed by atoms with E-state index in [1.807, 2.05) is 55.5 Å². The maximum atomic E-state index is 14.1. The van der Waals surface area contributed by atoms with Gasteiger partial charge in [0.2, 0.25) is 10.8 Å². The average molecular weight is 490 g/mol. The van der Waals surface area contributed by atoms with Crippen LogP contribution in [0.25, 0.3) is 0 Å². The Morgan fingerprint density at radius 3 is 2.43 bits per heavy atom. The Hall–Kier alpha value is -3.85. The van der Waals surface area contributed by atoms with Crippen molar-refractivity contribution in [2.75, 3.05) is 22.2 Å². The molecule has 0 aromatic heterocycles. The highest BCUT2D eigenvalue weighted by Gasteiger charge is 2.60. The number of rotatable bonds is 7. The molecule has 1 atom stereocenters. The van der Waals surface area contributed by atoms with Crippen LogP contribution in [0.4, 0.5) is 17.1 Å². The van der Waals surface area contributed by atoms with Gasteiger partial charge in [-0.25, -0.2) is 0 Å². The zero-order chi connectivity index (χ0) is 24.6. The van der Waals surface area contributed by atoms with E-state index in [9.17, 15) is 19.7 Å². The van der Waals surface area contributed by atoms with Gasteiger partial charge < -0.3 is 9.64 Å². The second-order valence-electron chi connectivity index (χ2n) is 8.34. The zero-order valence-corrected chi connectivity index (χ0v) is 19.9. The summed E-state index contributed by atoms with van der Waals surface area (Å²) in [6.07, 6.45) is 0.891. The fourth-order valence-corrected chi connectivity index (χ4v) is 5.89. The second-order valence-corrected chi connectivity index (χ2v) is 9.50. The first kappa shape index (κ1) is 22.9. The molecule has 3 aromatic rings. The lowest BCUT2D eigenvalue weighted by molar-refractivity contribution is -0.384. The first-order valence-corrected chi connectivity index (χ1v) is 12.3. The second kappa shape index (κ2) is 9.07. The number of fused-ring (bicyclic) bond motifs is 2. The van der Waals surface area contributed by atoms with E-state index >= 15 is 0 Å². The topological polar surface area (TPSA) is 93.0 Å². The van der Waals surface area contributed by atoms with Gasteiger partial charge in [-0.1, -0.05) is 37.3 Å². The van der Waals surface area contributed by atoms with Gasteiger partial charge in [0, 0.05) is 23.4 Å². The highest BCUT2D eigenvalue weighted by atomic mass is 32.2. The molecule has 2 heterocycles. The fourth-order valence-electron chi connectivity index (χ4n) is 4.53. The number of amides is 2. The predicted octanol–water partition coefficient (Wildman–Crippen LogP) is 4.86. The fraction of sp³-hybridized carbons (Fsp3) is 0.231. The Kier molecular flexibility index (Phi) is 5.94. The molecule has 3 aromatic carbocycles. The number of nitro benzene ring substituents is 1. The lowest BCUT2D eigenvalue weighted by atomic mass is 10.0. The number of thioether (sulfide) groups is 1. The smallest absolute Gasteiger partial charge is 0.269 e. The van der Waals surface area contributed by atoms with Crippen LogP contribution in [0, 0.1) is 10.1 Å². The third-order valence-electron chi connectivity index (χ3n) is 6.12. The minimum atomic E-state index is -1.21. The van der Waals surface area contributed by atoms with Crippen LogP contribution in [0.1, 0.15) is 24.5 Å². The van der Waals surface area contributed by atoms with E-state index in [0.717, 1.165) is 23.2 Å². The molecule has 1 spiro atoms. The van der Waals surface area contributed by atoms with E-state index in [2.05, 4.69) is 0 Å². The Labute approximate surface area is 206 Å². The number of nitro groups is 1. The third-order valence-corrected chi connectivity index (χ3v) is 7.51. The van der Waals surface area contributed by atoms with Crippen LogP contribution in [0.3, 0.4) is 0 Å². The van der Waals surface area contributed by atoms with Gasteiger partial charge >= 0.3 is 0 Å². The molecule has 35 heavy (non-hydrogen) atoms. The Morgan fingerprint density at radius 2 is 1.74 bits per heavy atom. The summed E-state index contributed by atoms with van der Waals surface area (Å²) < 4.78 is 5.67. The van der Waals surface area contributed by atoms with Crippen molar-refractivity contribution in [1.82, 2.24) is 0 Å². The van der Waals surface area contributed by atoms with E-state index in [0.29, 0.717) is 18.0 Å². The van der Waals surface area contributed by atoms with E-state index in [1.54, 1.807) is 21.9 Å². The molecule has 5 rings (SSSR count). The summed E-state index contributed by atoms with van der Waals surface area (Å²) in [5.74, 6) is 0.540. The van der Waals surface area contributed by atoms with Crippen LogP contribution < -0.4 is 14.5 Å². The summed E-state index contributed by atoms with van der Waals surface area (Å²) in [6, 6.07) is 20.9. The molecule has 0 bridgehead atoms. The number of benzene rings is 3. The van der Waals surface area contributed by atoms with Crippen LogP contribution in [0.5, 0.6) is 5.75 Å². The molecule has 0 aliphatic carbocycles. The van der Waals surface area contributed by atoms with E-state index in [4.69, 9.17) is 4.74 Å². The molecule has 2 amide bonds. The molecular formula is C26H23N3O5S. The largest absolute Gasteiger partial charge is 0.494 e. The Morgan fingerprint density at radius 1 is 1.03 bits per heavy atom. The van der Waals surface area contributed by atoms with Gasteiger partial charge in [-0.15, -0.1) is 11.8 Å². The van der Waals surface area contributed by atoms with E-state index < -0.39 is 9.79 Å². The van der Waals surface area contributed by atoms with E-state index in [-0.39, 0.29) is 29.8 Å². The number of carbonyl (C=O) groups excluding carboxylic acids is 2. The number of para-hydroxylation sites is 1. The molecule has 1 saturated heterocycles. The summed E-state index contributed by atoms with van der Waals surface area (Å²) in [5.41, 5.74) is 2.87. The van der Waals surface area contributed by atoms with Gasteiger partial charge in [-0.05, 0) is 42.3 Å². The van der Waals surface area contributed by atoms with Gasteiger partial charge in [-0.2, -0.15) is 0 Å². The molecule has 0 radical (unpaired) electrons. The molecule has 1 fully saturated rings. The van der Waals surface area contributed by atoms with Crippen LogP contribution in [-0.4, -0.2) is 29.1 Å². The van der Waals surface area contributed by atoms with Crippen LogP contribution in [0.2, 0.25) is 0 Å². The highest BCUT2D eigenvalue weighted by Crippen LogP contribution is 2.56. The maximum absolute atomic E-state index is 14.1. The SMILES string of the molecule is CCCOc1ccc(N2C(=O)CSC23C(=O)N(Cc2ccc([N+](=O)[O-])cc2)c2ccccc23)cc1. The quantitative estimate of drug-likeness (QED) is 0.348. The number of hydrogen-bond donors (Lipinski definition) is 0. The summed E-state index contributed by atoms with van der Waals surface area (Å²) in [4.78, 5) is 39.8. The van der Waals surface area contributed by atoms with Crippen molar-refractivity contribution < 1.29 is 19.2 Å². The summed E-state index contributed by atoms with van der Waals surface area (Å²) in [7, 11) is 0. The Bertz CT molecular complexity index is 1300. The van der Waals surface area contributed by atoms with Crippen molar-refractivity contribution in [3.05, 3.63) is 94.0 Å². The summed E-state index contributed by atoms with van der Waals surface area (Å²) >= 11 is 1.32. The minimum absolute atomic E-state index is 0.00662. The molecule has 9 heteroatoms. The monoisotopic (exact) mass is 489 g/mol. The number of non-ortho nitro benzene ring substituents is 1. The van der Waals surface area contributed by atoms with Gasteiger partial charge in [-0.3, -0.25) is 24.6 Å². The van der Waals surface area contributed by atoms with Crippen molar-refractivity contribution in [1.29, 1.82) is 0 Å². The van der Waals surface area contributed by atoms with Crippen molar-refractivity contribution >= 4 is 40.6 Å². The first-order chi connectivity index (χ1) is 17.0. The molecular weight excluding hydrogens is 466 g/mol.